The second-order valence-corrected chi connectivity index (χ2v) is 5.89. The van der Waals surface area contributed by atoms with Gasteiger partial charge in [-0.25, -0.2) is 9.78 Å². The number of aryl methyl sites for hydroxylation is 1. The molecule has 0 spiro atoms. The molecule has 8 nitrogen and oxygen atoms in total. The van der Waals surface area contributed by atoms with E-state index in [0.29, 0.717) is 16.5 Å². The van der Waals surface area contributed by atoms with Crippen LogP contribution in [0.25, 0.3) is 10.6 Å². The lowest BCUT2D eigenvalue weighted by Gasteiger charge is -2.32. The van der Waals surface area contributed by atoms with Gasteiger partial charge in [0.1, 0.15) is 9.88 Å². The number of morpholine rings is 1. The monoisotopic (exact) mass is 322 g/mol. The fourth-order valence-corrected chi connectivity index (χ4v) is 3.08. The number of hydrogen-bond donors (Lipinski definition) is 1. The molecule has 1 fully saturated rings. The van der Waals surface area contributed by atoms with E-state index in [0.717, 1.165) is 5.56 Å². The van der Waals surface area contributed by atoms with Crippen molar-refractivity contribution in [1.29, 1.82) is 0 Å². The van der Waals surface area contributed by atoms with Crippen LogP contribution in [0.3, 0.4) is 0 Å². The lowest BCUT2D eigenvalue weighted by molar-refractivity contribution is -0.147. The Morgan fingerprint density at radius 2 is 2.27 bits per heavy atom. The Kier molecular flexibility index (Phi) is 3.90. The smallest absolute Gasteiger partial charge is 0.328 e. The Labute approximate surface area is 129 Å². The maximum absolute atomic E-state index is 12.5. The molecule has 2 aromatic heterocycles. The molecule has 3 rings (SSSR count). The number of nitrogens with zero attached hydrogens (tertiary/aromatic N) is 4. The molecule has 1 atom stereocenters. The summed E-state index contributed by atoms with van der Waals surface area (Å²) < 4.78 is 6.79. The van der Waals surface area contributed by atoms with Crippen LogP contribution in [0.5, 0.6) is 0 Å². The predicted molar refractivity (Wildman–Crippen MR) is 77.6 cm³/mol. The molecule has 1 amide bonds. The zero-order valence-electron chi connectivity index (χ0n) is 11.8. The molecular weight excluding hydrogens is 308 g/mol. The van der Waals surface area contributed by atoms with Gasteiger partial charge in [-0.3, -0.25) is 9.48 Å². The van der Waals surface area contributed by atoms with E-state index in [4.69, 9.17) is 4.74 Å². The summed E-state index contributed by atoms with van der Waals surface area (Å²) in [4.78, 5) is 29.7. The highest BCUT2D eigenvalue weighted by Gasteiger charge is 2.34. The summed E-state index contributed by atoms with van der Waals surface area (Å²) in [5.41, 5.74) is 0.823. The number of rotatable bonds is 3. The summed E-state index contributed by atoms with van der Waals surface area (Å²) >= 11 is 1.23. The van der Waals surface area contributed by atoms with Crippen LogP contribution in [0.4, 0.5) is 0 Å². The van der Waals surface area contributed by atoms with Crippen molar-refractivity contribution in [2.24, 2.45) is 7.05 Å². The van der Waals surface area contributed by atoms with Gasteiger partial charge < -0.3 is 14.7 Å². The summed E-state index contributed by atoms with van der Waals surface area (Å²) in [5.74, 6) is -1.40. The van der Waals surface area contributed by atoms with Crippen molar-refractivity contribution < 1.29 is 19.4 Å². The Morgan fingerprint density at radius 1 is 1.45 bits per heavy atom. The normalized spacial score (nSPS) is 18.4. The number of thiazole rings is 1. The minimum absolute atomic E-state index is 0.00927. The highest BCUT2D eigenvalue weighted by atomic mass is 32.1. The number of hydrogen-bond acceptors (Lipinski definition) is 6. The molecule has 1 N–H and O–H groups in total. The SMILES string of the molecule is Cn1cc(-c2ncc(C(=O)N3CCOC[C@H]3C(=O)O)s2)cn1. The molecule has 1 saturated heterocycles. The van der Waals surface area contributed by atoms with Gasteiger partial charge in [-0.1, -0.05) is 0 Å². The van der Waals surface area contributed by atoms with E-state index in [1.54, 1.807) is 17.9 Å². The van der Waals surface area contributed by atoms with E-state index >= 15 is 0 Å². The van der Waals surface area contributed by atoms with Gasteiger partial charge in [0.2, 0.25) is 0 Å². The van der Waals surface area contributed by atoms with Crippen molar-refractivity contribution in [1.82, 2.24) is 19.7 Å². The van der Waals surface area contributed by atoms with Crippen molar-refractivity contribution in [2.75, 3.05) is 19.8 Å². The number of carboxylic acid groups (broad SMARTS) is 1. The van der Waals surface area contributed by atoms with Gasteiger partial charge in [-0.05, 0) is 0 Å². The van der Waals surface area contributed by atoms with Crippen LogP contribution < -0.4 is 0 Å². The third-order valence-corrected chi connectivity index (χ3v) is 4.38. The molecule has 0 aliphatic carbocycles. The first-order chi connectivity index (χ1) is 10.6. The number of ether oxygens (including phenoxy) is 1. The number of carbonyl (C=O) groups is 2. The van der Waals surface area contributed by atoms with Crippen LogP contribution in [-0.4, -0.2) is 62.4 Å². The van der Waals surface area contributed by atoms with Gasteiger partial charge in [0.25, 0.3) is 5.91 Å². The zero-order chi connectivity index (χ0) is 15.7. The lowest BCUT2D eigenvalue weighted by atomic mass is 10.2. The van der Waals surface area contributed by atoms with Gasteiger partial charge in [0, 0.05) is 25.4 Å². The number of carbonyl (C=O) groups excluding carboxylic acids is 1. The quantitative estimate of drug-likeness (QED) is 0.882. The summed E-state index contributed by atoms with van der Waals surface area (Å²) in [7, 11) is 1.80. The van der Waals surface area contributed by atoms with E-state index in [1.807, 2.05) is 6.20 Å². The molecule has 0 radical (unpaired) electrons. The Balaban J connectivity index is 1.83. The molecule has 0 aromatic carbocycles. The predicted octanol–water partition coefficient (Wildman–Crippen LogP) is 0.469. The second-order valence-electron chi connectivity index (χ2n) is 4.86. The minimum atomic E-state index is -1.06. The van der Waals surface area contributed by atoms with Crippen LogP contribution in [-0.2, 0) is 16.6 Å². The lowest BCUT2D eigenvalue weighted by Crippen LogP contribution is -2.52. The summed E-state index contributed by atoms with van der Waals surface area (Å²) in [5, 5.41) is 13.9. The minimum Gasteiger partial charge on any atom is -0.480 e. The van der Waals surface area contributed by atoms with Crippen LogP contribution >= 0.6 is 11.3 Å². The van der Waals surface area contributed by atoms with E-state index in [2.05, 4.69) is 10.1 Å². The van der Waals surface area contributed by atoms with Gasteiger partial charge >= 0.3 is 5.97 Å². The highest BCUT2D eigenvalue weighted by Crippen LogP contribution is 2.26. The molecule has 1 aliphatic rings. The molecule has 9 heteroatoms. The van der Waals surface area contributed by atoms with Crippen molar-refractivity contribution in [3.8, 4) is 10.6 Å². The van der Waals surface area contributed by atoms with E-state index in [1.165, 1.54) is 22.4 Å². The van der Waals surface area contributed by atoms with Crippen molar-refractivity contribution >= 4 is 23.2 Å². The fourth-order valence-electron chi connectivity index (χ4n) is 2.23. The third-order valence-electron chi connectivity index (χ3n) is 3.34. The summed E-state index contributed by atoms with van der Waals surface area (Å²) in [6.45, 7) is 0.606. The molecule has 0 bridgehead atoms. The third kappa shape index (κ3) is 2.72. The average molecular weight is 322 g/mol. The topological polar surface area (TPSA) is 97.6 Å². The van der Waals surface area contributed by atoms with Crippen molar-refractivity contribution in [3.63, 3.8) is 0 Å². The Morgan fingerprint density at radius 3 is 2.95 bits per heavy atom. The summed E-state index contributed by atoms with van der Waals surface area (Å²) in [6.07, 6.45) is 4.95. The zero-order valence-corrected chi connectivity index (χ0v) is 12.6. The number of amides is 1. The molecular formula is C13H14N4O4S. The van der Waals surface area contributed by atoms with Gasteiger partial charge in [0.15, 0.2) is 6.04 Å². The Hall–Kier alpha value is -2.26. The second kappa shape index (κ2) is 5.85. The van der Waals surface area contributed by atoms with Crippen LogP contribution in [0, 0.1) is 0 Å². The fraction of sp³-hybridized carbons (Fsp3) is 0.385. The highest BCUT2D eigenvalue weighted by molar-refractivity contribution is 7.16. The molecule has 3 heterocycles. The van der Waals surface area contributed by atoms with Gasteiger partial charge in [-0.2, -0.15) is 5.10 Å². The first-order valence-electron chi connectivity index (χ1n) is 6.62. The largest absolute Gasteiger partial charge is 0.480 e. The van der Waals surface area contributed by atoms with Gasteiger partial charge in [0.05, 0.1) is 25.6 Å². The van der Waals surface area contributed by atoms with Crippen molar-refractivity contribution in [3.05, 3.63) is 23.5 Å². The van der Waals surface area contributed by atoms with Crippen LogP contribution in [0.1, 0.15) is 9.67 Å². The molecule has 0 saturated carbocycles. The van der Waals surface area contributed by atoms with Crippen LogP contribution in [0.15, 0.2) is 18.6 Å². The molecule has 1 aliphatic heterocycles. The molecule has 116 valence electrons. The maximum atomic E-state index is 12.5. The molecule has 22 heavy (non-hydrogen) atoms. The number of aliphatic carboxylic acids is 1. The van der Waals surface area contributed by atoms with Crippen LogP contribution in [0.2, 0.25) is 0 Å². The first kappa shape index (κ1) is 14.7. The number of aromatic nitrogens is 3. The van der Waals surface area contributed by atoms with Crippen molar-refractivity contribution in [2.45, 2.75) is 6.04 Å². The standard InChI is InChI=1S/C13H14N4O4S/c1-16-6-8(4-15-16)11-14-5-10(22-11)12(18)17-2-3-21-7-9(17)13(19)20/h4-6,9H,2-3,7H2,1H3,(H,19,20)/t9-/m0/s1. The number of carboxylic acids is 1. The van der Waals surface area contributed by atoms with E-state index in [9.17, 15) is 14.7 Å². The average Bonchev–Trinajstić information content (AvgIpc) is 3.15. The maximum Gasteiger partial charge on any atom is 0.328 e. The molecule has 0 unspecified atom stereocenters. The van der Waals surface area contributed by atoms with Gasteiger partial charge in [-0.15, -0.1) is 11.3 Å². The Bertz CT molecular complexity index is 710. The van der Waals surface area contributed by atoms with E-state index in [-0.39, 0.29) is 19.1 Å². The summed E-state index contributed by atoms with van der Waals surface area (Å²) in [6, 6.07) is -0.954. The first-order valence-corrected chi connectivity index (χ1v) is 7.44. The molecule has 2 aromatic rings. The van der Waals surface area contributed by atoms with E-state index < -0.39 is 12.0 Å².